The van der Waals surface area contributed by atoms with Crippen LogP contribution in [-0.4, -0.2) is 22.6 Å². The third-order valence-corrected chi connectivity index (χ3v) is 3.49. The first kappa shape index (κ1) is 14.5. The molecule has 1 aromatic heterocycles. The number of halogens is 1. The lowest BCUT2D eigenvalue weighted by molar-refractivity contribution is -0.137. The number of aromatic nitrogens is 1. The zero-order valence-electron chi connectivity index (χ0n) is 10.8. The monoisotopic (exact) mass is 290 g/mol. The summed E-state index contributed by atoms with van der Waals surface area (Å²) in [7, 11) is 0. The van der Waals surface area contributed by atoms with Gasteiger partial charge in [-0.2, -0.15) is 0 Å². The Balaban J connectivity index is 2.40. The molecule has 104 valence electrons. The number of carbonyl (C=O) groups is 1. The van der Waals surface area contributed by atoms with Crippen LogP contribution in [0.25, 0.3) is 11.1 Å². The summed E-state index contributed by atoms with van der Waals surface area (Å²) in [5.41, 5.74) is 8.35. The number of hydrogen-bond donors (Lipinski definition) is 2. The van der Waals surface area contributed by atoms with E-state index in [0.29, 0.717) is 5.02 Å². The smallest absolute Gasteiger partial charge is 0.304 e. The van der Waals surface area contributed by atoms with Gasteiger partial charge in [0.2, 0.25) is 0 Å². The molecule has 0 amide bonds. The van der Waals surface area contributed by atoms with Crippen molar-refractivity contribution in [1.29, 1.82) is 0 Å². The average molecular weight is 291 g/mol. The summed E-state index contributed by atoms with van der Waals surface area (Å²) in [4.78, 5) is 14.8. The third kappa shape index (κ3) is 3.35. The number of carboxylic acids is 1. The van der Waals surface area contributed by atoms with E-state index < -0.39 is 5.97 Å². The molecule has 20 heavy (non-hydrogen) atoms. The van der Waals surface area contributed by atoms with Gasteiger partial charge in [-0.3, -0.25) is 9.78 Å². The van der Waals surface area contributed by atoms with Crippen LogP contribution in [0.1, 0.15) is 17.9 Å². The molecule has 0 aliphatic carbocycles. The van der Waals surface area contributed by atoms with Crippen LogP contribution >= 0.6 is 11.6 Å². The fourth-order valence-electron chi connectivity index (χ4n) is 2.10. The Bertz CT molecular complexity index is 602. The summed E-state index contributed by atoms with van der Waals surface area (Å²) in [6.07, 6.45) is 3.39. The van der Waals surface area contributed by atoms with E-state index in [0.717, 1.165) is 16.7 Å². The van der Waals surface area contributed by atoms with Gasteiger partial charge in [0.25, 0.3) is 0 Å². The van der Waals surface area contributed by atoms with Gasteiger partial charge in [-0.25, -0.2) is 0 Å². The van der Waals surface area contributed by atoms with Crippen molar-refractivity contribution in [2.24, 2.45) is 5.73 Å². The van der Waals surface area contributed by atoms with Crippen LogP contribution in [0.3, 0.4) is 0 Å². The van der Waals surface area contributed by atoms with Gasteiger partial charge in [0.15, 0.2) is 0 Å². The van der Waals surface area contributed by atoms with Crippen molar-refractivity contribution >= 4 is 17.6 Å². The molecular formula is C15H15ClN2O2. The van der Waals surface area contributed by atoms with Gasteiger partial charge in [-0.15, -0.1) is 0 Å². The van der Waals surface area contributed by atoms with Crippen LogP contribution in [0.15, 0.2) is 42.7 Å². The summed E-state index contributed by atoms with van der Waals surface area (Å²) in [5.74, 6) is -1.08. The Labute approximate surface area is 122 Å². The highest BCUT2D eigenvalue weighted by Crippen LogP contribution is 2.31. The molecular weight excluding hydrogens is 276 g/mol. The van der Waals surface area contributed by atoms with Crippen LogP contribution in [0.5, 0.6) is 0 Å². The Morgan fingerprint density at radius 2 is 2.00 bits per heavy atom. The highest BCUT2D eigenvalue weighted by Gasteiger charge is 2.15. The molecule has 5 heteroatoms. The maximum atomic E-state index is 10.9. The van der Waals surface area contributed by atoms with Gasteiger partial charge in [0.05, 0.1) is 6.42 Å². The average Bonchev–Trinajstić information content (AvgIpc) is 2.46. The Kier molecular flexibility index (Phi) is 4.71. The first-order valence-electron chi connectivity index (χ1n) is 6.23. The van der Waals surface area contributed by atoms with Crippen molar-refractivity contribution in [1.82, 2.24) is 4.98 Å². The van der Waals surface area contributed by atoms with Crippen LogP contribution in [0.4, 0.5) is 0 Å². The second-order valence-corrected chi connectivity index (χ2v) is 4.91. The zero-order valence-corrected chi connectivity index (χ0v) is 11.5. The van der Waals surface area contributed by atoms with Gasteiger partial charge < -0.3 is 10.8 Å². The van der Waals surface area contributed by atoms with Gasteiger partial charge in [0, 0.05) is 28.9 Å². The molecule has 3 N–H and O–H groups in total. The Morgan fingerprint density at radius 3 is 2.60 bits per heavy atom. The van der Waals surface area contributed by atoms with E-state index in [4.69, 9.17) is 22.4 Å². The van der Waals surface area contributed by atoms with Crippen LogP contribution in [0.2, 0.25) is 5.02 Å². The molecule has 1 aromatic carbocycles. The molecule has 0 spiro atoms. The minimum atomic E-state index is -0.860. The Morgan fingerprint density at radius 1 is 1.30 bits per heavy atom. The van der Waals surface area contributed by atoms with Gasteiger partial charge >= 0.3 is 5.97 Å². The van der Waals surface area contributed by atoms with Crippen molar-refractivity contribution in [2.75, 3.05) is 6.54 Å². The fourth-order valence-corrected chi connectivity index (χ4v) is 2.32. The first-order valence-corrected chi connectivity index (χ1v) is 6.61. The normalized spacial score (nSPS) is 12.1. The van der Waals surface area contributed by atoms with Gasteiger partial charge in [-0.1, -0.05) is 17.7 Å². The molecule has 0 bridgehead atoms. The lowest BCUT2D eigenvalue weighted by atomic mass is 9.93. The van der Waals surface area contributed by atoms with E-state index in [1.54, 1.807) is 18.5 Å². The molecule has 1 atom stereocenters. The molecule has 0 saturated carbocycles. The summed E-state index contributed by atoms with van der Waals surface area (Å²) >= 11 is 6.22. The largest absolute Gasteiger partial charge is 0.481 e. The maximum Gasteiger partial charge on any atom is 0.304 e. The highest BCUT2D eigenvalue weighted by molar-refractivity contribution is 6.33. The lowest BCUT2D eigenvalue weighted by Gasteiger charge is -2.15. The molecule has 0 aliphatic heterocycles. The summed E-state index contributed by atoms with van der Waals surface area (Å²) in [6.45, 7) is 0.281. The van der Waals surface area contributed by atoms with E-state index in [2.05, 4.69) is 4.98 Å². The standard InChI is InChI=1S/C15H15ClN2O2/c16-14-2-1-11(12(9-17)8-15(19)20)7-13(14)10-3-5-18-6-4-10/h1-7,12H,8-9,17H2,(H,19,20)/t12-/m0/s1. The van der Waals surface area contributed by atoms with Crippen molar-refractivity contribution in [3.8, 4) is 11.1 Å². The van der Waals surface area contributed by atoms with Crippen molar-refractivity contribution in [3.63, 3.8) is 0 Å². The van der Waals surface area contributed by atoms with Crippen molar-refractivity contribution in [2.45, 2.75) is 12.3 Å². The first-order chi connectivity index (χ1) is 9.61. The summed E-state index contributed by atoms with van der Waals surface area (Å²) in [5, 5.41) is 9.54. The van der Waals surface area contributed by atoms with Crippen LogP contribution in [0, 0.1) is 0 Å². The number of nitrogens with zero attached hydrogens (tertiary/aromatic N) is 1. The van der Waals surface area contributed by atoms with Gasteiger partial charge in [-0.05, 0) is 41.9 Å². The summed E-state index contributed by atoms with van der Waals surface area (Å²) < 4.78 is 0. The quantitative estimate of drug-likeness (QED) is 0.888. The van der Waals surface area contributed by atoms with Crippen molar-refractivity contribution in [3.05, 3.63) is 53.3 Å². The summed E-state index contributed by atoms with van der Waals surface area (Å²) in [6, 6.07) is 9.22. The minimum Gasteiger partial charge on any atom is -0.481 e. The number of pyridine rings is 1. The molecule has 0 aliphatic rings. The molecule has 2 rings (SSSR count). The van der Waals surface area contributed by atoms with E-state index in [-0.39, 0.29) is 18.9 Å². The molecule has 1 heterocycles. The van der Waals surface area contributed by atoms with E-state index in [1.165, 1.54) is 0 Å². The minimum absolute atomic E-state index is 0.00785. The van der Waals surface area contributed by atoms with E-state index >= 15 is 0 Å². The second-order valence-electron chi connectivity index (χ2n) is 4.51. The molecule has 0 radical (unpaired) electrons. The van der Waals surface area contributed by atoms with E-state index in [9.17, 15) is 4.79 Å². The van der Waals surface area contributed by atoms with Crippen molar-refractivity contribution < 1.29 is 9.90 Å². The number of benzene rings is 1. The number of carboxylic acid groups (broad SMARTS) is 1. The molecule has 2 aromatic rings. The molecule has 0 fully saturated rings. The lowest BCUT2D eigenvalue weighted by Crippen LogP contribution is -2.16. The van der Waals surface area contributed by atoms with E-state index in [1.807, 2.05) is 24.3 Å². The predicted octanol–water partition coefficient (Wildman–Crippen LogP) is 2.92. The van der Waals surface area contributed by atoms with Crippen LogP contribution in [-0.2, 0) is 4.79 Å². The van der Waals surface area contributed by atoms with Gasteiger partial charge in [0.1, 0.15) is 0 Å². The van der Waals surface area contributed by atoms with Crippen LogP contribution < -0.4 is 5.73 Å². The maximum absolute atomic E-state index is 10.9. The second kappa shape index (κ2) is 6.50. The zero-order chi connectivity index (χ0) is 14.5. The highest BCUT2D eigenvalue weighted by atomic mass is 35.5. The SMILES string of the molecule is NC[C@H](CC(=O)O)c1ccc(Cl)c(-c2ccncc2)c1. The fraction of sp³-hybridized carbons (Fsp3) is 0.200. The Hall–Kier alpha value is -1.91. The number of rotatable bonds is 5. The number of nitrogens with two attached hydrogens (primary N) is 1. The predicted molar refractivity (Wildman–Crippen MR) is 78.7 cm³/mol. The molecule has 0 unspecified atom stereocenters. The molecule has 4 nitrogen and oxygen atoms in total. The third-order valence-electron chi connectivity index (χ3n) is 3.16. The number of hydrogen-bond acceptors (Lipinski definition) is 3. The number of aliphatic carboxylic acids is 1. The topological polar surface area (TPSA) is 76.2 Å². The molecule has 0 saturated heterocycles.